The lowest BCUT2D eigenvalue weighted by atomic mass is 10.3. The van der Waals surface area contributed by atoms with Crippen molar-refractivity contribution < 1.29 is 13.9 Å². The summed E-state index contributed by atoms with van der Waals surface area (Å²) in [6.45, 7) is 3.79. The number of carbonyl (C=O) groups is 1. The van der Waals surface area contributed by atoms with Crippen LogP contribution in [0.3, 0.4) is 0 Å². The van der Waals surface area contributed by atoms with Gasteiger partial charge in [-0.1, -0.05) is 0 Å². The third kappa shape index (κ3) is 2.66. The number of rotatable bonds is 2. The normalized spacial score (nSPS) is 22.0. The molecule has 6 heteroatoms. The molecule has 0 unspecified atom stereocenters. The minimum absolute atomic E-state index is 0.0821. The maximum absolute atomic E-state index is 12.3. The molecule has 0 radical (unpaired) electrons. The monoisotopic (exact) mass is 301 g/mol. The first-order valence-corrected chi connectivity index (χ1v) is 7.77. The fourth-order valence-corrected chi connectivity index (χ4v) is 2.73. The second-order valence-electron chi connectivity index (χ2n) is 6.07. The number of urea groups is 1. The molecule has 2 aromatic rings. The van der Waals surface area contributed by atoms with Crippen LogP contribution in [0.25, 0.3) is 11.1 Å². The minimum Gasteiger partial charge on any atom is -0.440 e. The Labute approximate surface area is 128 Å². The summed E-state index contributed by atoms with van der Waals surface area (Å²) in [5.41, 5.74) is 2.32. The first kappa shape index (κ1) is 13.6. The number of oxazole rings is 1. The van der Waals surface area contributed by atoms with E-state index in [9.17, 15) is 4.79 Å². The molecule has 0 bridgehead atoms. The lowest BCUT2D eigenvalue weighted by molar-refractivity contribution is -0.00138. The first-order chi connectivity index (χ1) is 10.7. The van der Waals surface area contributed by atoms with E-state index in [1.807, 2.05) is 25.1 Å². The second kappa shape index (κ2) is 5.28. The molecular formula is C16H19N3O3. The zero-order valence-electron chi connectivity index (χ0n) is 12.5. The molecule has 2 aliphatic rings. The molecule has 1 aromatic carbocycles. The van der Waals surface area contributed by atoms with Crippen molar-refractivity contribution in [1.29, 1.82) is 0 Å². The van der Waals surface area contributed by atoms with Gasteiger partial charge in [-0.05, 0) is 38.0 Å². The summed E-state index contributed by atoms with van der Waals surface area (Å²) in [5.74, 6) is 1.31. The van der Waals surface area contributed by atoms with Gasteiger partial charge in [-0.15, -0.1) is 0 Å². The van der Waals surface area contributed by atoms with Crippen LogP contribution in [-0.4, -0.2) is 41.7 Å². The molecule has 1 aliphatic heterocycles. The molecule has 2 heterocycles. The number of ether oxygens (including phenoxy) is 1. The topological polar surface area (TPSA) is 67.6 Å². The number of aromatic nitrogens is 1. The quantitative estimate of drug-likeness (QED) is 0.926. The van der Waals surface area contributed by atoms with Crippen LogP contribution in [-0.2, 0) is 4.74 Å². The summed E-state index contributed by atoms with van der Waals surface area (Å²) in [6, 6.07) is 5.49. The fraction of sp³-hybridized carbons (Fsp3) is 0.500. The molecule has 116 valence electrons. The summed E-state index contributed by atoms with van der Waals surface area (Å²) in [5, 5.41) is 2.93. The summed E-state index contributed by atoms with van der Waals surface area (Å²) >= 11 is 0. The Morgan fingerprint density at radius 2 is 2.27 bits per heavy atom. The number of nitrogens with one attached hydrogen (secondary N) is 1. The zero-order valence-corrected chi connectivity index (χ0v) is 12.5. The standard InChI is InChI=1S/C16H19N3O3/c1-10-9-19(6-7-21-10)16(20)17-12-4-5-14-13(8-12)18-15(22-14)11-2-3-11/h4-5,8,10-11H,2-3,6-7,9H2,1H3,(H,17,20)/t10-/m1/s1. The molecule has 1 aliphatic carbocycles. The third-order valence-corrected chi connectivity index (χ3v) is 4.11. The van der Waals surface area contributed by atoms with E-state index in [0.29, 0.717) is 25.6 Å². The predicted octanol–water partition coefficient (Wildman–Crippen LogP) is 2.96. The van der Waals surface area contributed by atoms with Crippen LogP contribution in [0, 0.1) is 0 Å². The van der Waals surface area contributed by atoms with E-state index < -0.39 is 0 Å². The Morgan fingerprint density at radius 1 is 1.41 bits per heavy atom. The number of amides is 2. The SMILES string of the molecule is C[C@@H]1CN(C(=O)Nc2ccc3oc(C4CC4)nc3c2)CCO1. The summed E-state index contributed by atoms with van der Waals surface area (Å²) in [4.78, 5) is 18.6. The van der Waals surface area contributed by atoms with Crippen molar-refractivity contribution in [2.75, 3.05) is 25.0 Å². The van der Waals surface area contributed by atoms with Crippen molar-refractivity contribution in [3.8, 4) is 0 Å². The Balaban J connectivity index is 1.49. The second-order valence-corrected chi connectivity index (χ2v) is 6.07. The fourth-order valence-electron chi connectivity index (χ4n) is 2.73. The smallest absolute Gasteiger partial charge is 0.322 e. The van der Waals surface area contributed by atoms with Gasteiger partial charge in [0.2, 0.25) is 0 Å². The number of carbonyl (C=O) groups excluding carboxylic acids is 1. The molecule has 2 amide bonds. The Morgan fingerprint density at radius 3 is 3.05 bits per heavy atom. The van der Waals surface area contributed by atoms with Crippen LogP contribution in [0.2, 0.25) is 0 Å². The highest BCUT2D eigenvalue weighted by Crippen LogP contribution is 2.40. The maximum atomic E-state index is 12.3. The third-order valence-electron chi connectivity index (χ3n) is 4.11. The van der Waals surface area contributed by atoms with Crippen molar-refractivity contribution in [3.63, 3.8) is 0 Å². The van der Waals surface area contributed by atoms with Gasteiger partial charge in [0.1, 0.15) is 5.52 Å². The van der Waals surface area contributed by atoms with Crippen LogP contribution in [0.5, 0.6) is 0 Å². The lowest BCUT2D eigenvalue weighted by Gasteiger charge is -2.31. The van der Waals surface area contributed by atoms with Gasteiger partial charge in [-0.3, -0.25) is 0 Å². The van der Waals surface area contributed by atoms with Gasteiger partial charge in [0.05, 0.1) is 12.7 Å². The number of fused-ring (bicyclic) bond motifs is 1. The molecule has 0 spiro atoms. The largest absolute Gasteiger partial charge is 0.440 e. The van der Waals surface area contributed by atoms with Gasteiger partial charge in [-0.25, -0.2) is 9.78 Å². The average Bonchev–Trinajstić information content (AvgIpc) is 3.27. The number of benzene rings is 1. The highest BCUT2D eigenvalue weighted by molar-refractivity contribution is 5.91. The first-order valence-electron chi connectivity index (χ1n) is 7.77. The van der Waals surface area contributed by atoms with Gasteiger partial charge in [0.25, 0.3) is 0 Å². The highest BCUT2D eigenvalue weighted by Gasteiger charge is 2.29. The van der Waals surface area contributed by atoms with E-state index in [4.69, 9.17) is 9.15 Å². The number of nitrogens with zero attached hydrogens (tertiary/aromatic N) is 2. The van der Waals surface area contributed by atoms with Crippen LogP contribution < -0.4 is 5.32 Å². The van der Waals surface area contributed by atoms with E-state index in [1.54, 1.807) is 4.90 Å². The van der Waals surface area contributed by atoms with E-state index in [0.717, 1.165) is 35.5 Å². The van der Waals surface area contributed by atoms with Gasteiger partial charge in [0, 0.05) is 24.7 Å². The molecule has 1 saturated heterocycles. The summed E-state index contributed by atoms with van der Waals surface area (Å²) in [6.07, 6.45) is 2.40. The Hall–Kier alpha value is -2.08. The number of morpholine rings is 1. The van der Waals surface area contributed by atoms with Gasteiger partial charge in [-0.2, -0.15) is 0 Å². The van der Waals surface area contributed by atoms with E-state index in [1.165, 1.54) is 0 Å². The molecule has 6 nitrogen and oxygen atoms in total. The van der Waals surface area contributed by atoms with Crippen molar-refractivity contribution in [2.24, 2.45) is 0 Å². The van der Waals surface area contributed by atoms with Gasteiger partial charge >= 0.3 is 6.03 Å². The molecule has 22 heavy (non-hydrogen) atoms. The molecule has 4 rings (SSSR count). The van der Waals surface area contributed by atoms with Crippen molar-refractivity contribution >= 4 is 22.8 Å². The average molecular weight is 301 g/mol. The van der Waals surface area contributed by atoms with Gasteiger partial charge in [0.15, 0.2) is 11.5 Å². The van der Waals surface area contributed by atoms with Crippen molar-refractivity contribution in [2.45, 2.75) is 31.8 Å². The highest BCUT2D eigenvalue weighted by atomic mass is 16.5. The summed E-state index contributed by atoms with van der Waals surface area (Å²) < 4.78 is 11.2. The predicted molar refractivity (Wildman–Crippen MR) is 82.0 cm³/mol. The van der Waals surface area contributed by atoms with Crippen LogP contribution in [0.1, 0.15) is 31.6 Å². The number of hydrogen-bond donors (Lipinski definition) is 1. The maximum Gasteiger partial charge on any atom is 0.322 e. The number of anilines is 1. The molecular weight excluding hydrogens is 282 g/mol. The molecule has 1 saturated carbocycles. The zero-order chi connectivity index (χ0) is 15.1. The van der Waals surface area contributed by atoms with E-state index >= 15 is 0 Å². The molecule has 1 N–H and O–H groups in total. The van der Waals surface area contributed by atoms with Crippen LogP contribution in [0.4, 0.5) is 10.5 Å². The molecule has 2 fully saturated rings. The summed E-state index contributed by atoms with van der Waals surface area (Å²) in [7, 11) is 0. The van der Waals surface area contributed by atoms with Crippen LogP contribution >= 0.6 is 0 Å². The Kier molecular flexibility index (Phi) is 3.26. The number of hydrogen-bond acceptors (Lipinski definition) is 4. The molecule has 1 aromatic heterocycles. The van der Waals surface area contributed by atoms with E-state index in [2.05, 4.69) is 10.3 Å². The van der Waals surface area contributed by atoms with Crippen molar-refractivity contribution in [1.82, 2.24) is 9.88 Å². The van der Waals surface area contributed by atoms with Crippen molar-refractivity contribution in [3.05, 3.63) is 24.1 Å². The lowest BCUT2D eigenvalue weighted by Crippen LogP contribution is -2.46. The Bertz CT molecular complexity index is 708. The van der Waals surface area contributed by atoms with Crippen LogP contribution in [0.15, 0.2) is 22.6 Å². The van der Waals surface area contributed by atoms with E-state index in [-0.39, 0.29) is 12.1 Å². The van der Waals surface area contributed by atoms with Gasteiger partial charge < -0.3 is 19.4 Å². The minimum atomic E-state index is -0.0968. The molecule has 1 atom stereocenters.